The van der Waals surface area contributed by atoms with E-state index in [9.17, 15) is 0 Å². The highest BCUT2D eigenvalue weighted by Gasteiger charge is 2.35. The molecule has 0 saturated carbocycles. The molecule has 0 radical (unpaired) electrons. The van der Waals surface area contributed by atoms with Crippen LogP contribution in [0.25, 0.3) is 72.2 Å². The third-order valence-corrected chi connectivity index (χ3v) is 9.22. The molecular formula is C37H29N5. The molecule has 1 aliphatic carbocycles. The Balaban J connectivity index is 1.29. The van der Waals surface area contributed by atoms with Crippen molar-refractivity contribution in [1.82, 2.24) is 24.7 Å². The molecule has 202 valence electrons. The lowest BCUT2D eigenvalue weighted by atomic mass is 9.82. The first-order valence-corrected chi connectivity index (χ1v) is 14.5. The van der Waals surface area contributed by atoms with Crippen LogP contribution in [0.3, 0.4) is 0 Å². The SMILES string of the molecule is CC1(C)c2ccccc2-c2ccc(-c3[nH][nH]c(-n4c5ccccc5c5cc6ccccc6cc54)c4[nH]cc[nH]c3-4)cc21. The summed E-state index contributed by atoms with van der Waals surface area (Å²) in [5.41, 5.74) is 11.7. The normalized spacial score (nSPS) is 13.7. The van der Waals surface area contributed by atoms with Gasteiger partial charge in [-0.05, 0) is 57.3 Å². The first-order valence-electron chi connectivity index (χ1n) is 14.5. The fourth-order valence-electron chi connectivity index (χ4n) is 7.17. The highest BCUT2D eigenvalue weighted by molar-refractivity contribution is 6.13. The Bertz CT molecular complexity index is 2350. The predicted molar refractivity (Wildman–Crippen MR) is 173 cm³/mol. The number of aromatic nitrogens is 5. The van der Waals surface area contributed by atoms with Crippen molar-refractivity contribution in [3.63, 3.8) is 0 Å². The van der Waals surface area contributed by atoms with Gasteiger partial charge in [0.25, 0.3) is 0 Å². The van der Waals surface area contributed by atoms with Crippen LogP contribution in [0, 0.1) is 0 Å². The third kappa shape index (κ3) is 3.08. The van der Waals surface area contributed by atoms with Crippen molar-refractivity contribution < 1.29 is 0 Å². The van der Waals surface area contributed by atoms with Crippen LogP contribution < -0.4 is 0 Å². The summed E-state index contributed by atoms with van der Waals surface area (Å²) in [6.07, 6.45) is 3.91. The molecule has 0 fully saturated rings. The maximum atomic E-state index is 3.61. The summed E-state index contributed by atoms with van der Waals surface area (Å²) in [5.74, 6) is 0.945. The van der Waals surface area contributed by atoms with Crippen molar-refractivity contribution in [2.45, 2.75) is 19.3 Å². The predicted octanol–water partition coefficient (Wildman–Crippen LogP) is 9.45. The van der Waals surface area contributed by atoms with Gasteiger partial charge in [0.1, 0.15) is 5.69 Å². The number of benzene rings is 5. The number of hydrogen-bond donors (Lipinski definition) is 4. The fraction of sp³-hybridized carbons (Fsp3) is 0.0811. The van der Waals surface area contributed by atoms with E-state index in [2.05, 4.69) is 142 Å². The zero-order valence-corrected chi connectivity index (χ0v) is 23.4. The van der Waals surface area contributed by atoms with E-state index in [4.69, 9.17) is 0 Å². The average molecular weight is 544 g/mol. The summed E-state index contributed by atoms with van der Waals surface area (Å²) in [7, 11) is 0. The van der Waals surface area contributed by atoms with Gasteiger partial charge >= 0.3 is 0 Å². The molecule has 0 saturated heterocycles. The van der Waals surface area contributed by atoms with Crippen LogP contribution in [0.4, 0.5) is 0 Å². The van der Waals surface area contributed by atoms with Crippen LogP contribution in [-0.4, -0.2) is 24.7 Å². The molecule has 5 aromatic carbocycles. The Morgan fingerprint density at radius 1 is 0.548 bits per heavy atom. The minimum atomic E-state index is -0.0665. The molecule has 42 heavy (non-hydrogen) atoms. The van der Waals surface area contributed by atoms with E-state index in [-0.39, 0.29) is 5.41 Å². The number of fused-ring (bicyclic) bond motifs is 8. The zero-order valence-electron chi connectivity index (χ0n) is 23.4. The fourth-order valence-corrected chi connectivity index (χ4v) is 7.17. The molecule has 0 unspecified atom stereocenters. The van der Waals surface area contributed by atoms with Gasteiger partial charge in [0, 0.05) is 34.1 Å². The Morgan fingerprint density at radius 3 is 2.14 bits per heavy atom. The van der Waals surface area contributed by atoms with Crippen LogP contribution in [0.5, 0.6) is 0 Å². The number of aromatic amines is 4. The number of para-hydroxylation sites is 1. The summed E-state index contributed by atoms with van der Waals surface area (Å²) in [5, 5.41) is 12.1. The largest absolute Gasteiger partial charge is 0.357 e. The molecule has 4 N–H and O–H groups in total. The van der Waals surface area contributed by atoms with E-state index in [0.717, 1.165) is 39.5 Å². The van der Waals surface area contributed by atoms with E-state index in [1.807, 2.05) is 12.4 Å². The molecule has 9 rings (SSSR count). The van der Waals surface area contributed by atoms with Gasteiger partial charge in [0.2, 0.25) is 0 Å². The first-order chi connectivity index (χ1) is 20.6. The van der Waals surface area contributed by atoms with Gasteiger partial charge in [-0.15, -0.1) is 0 Å². The molecule has 5 heteroatoms. The van der Waals surface area contributed by atoms with Gasteiger partial charge < -0.3 is 9.97 Å². The highest BCUT2D eigenvalue weighted by atomic mass is 15.2. The Labute approximate surface area is 242 Å². The van der Waals surface area contributed by atoms with Crippen LogP contribution in [-0.2, 0) is 5.41 Å². The second-order valence-electron chi connectivity index (χ2n) is 11.8. The Hall–Kier alpha value is -5.42. The number of H-pyrrole nitrogens is 4. The van der Waals surface area contributed by atoms with Crippen molar-refractivity contribution in [3.05, 3.63) is 127 Å². The monoisotopic (exact) mass is 543 g/mol. The van der Waals surface area contributed by atoms with Gasteiger partial charge in [-0.3, -0.25) is 14.8 Å². The lowest BCUT2D eigenvalue weighted by Crippen LogP contribution is -2.15. The maximum absolute atomic E-state index is 3.61. The van der Waals surface area contributed by atoms with E-state index >= 15 is 0 Å². The minimum absolute atomic E-state index is 0.0665. The van der Waals surface area contributed by atoms with Crippen LogP contribution in [0.2, 0.25) is 0 Å². The molecule has 6 aromatic rings. The lowest BCUT2D eigenvalue weighted by molar-refractivity contribution is 0.660. The molecule has 0 bridgehead atoms. The Morgan fingerprint density at radius 2 is 1.26 bits per heavy atom. The van der Waals surface area contributed by atoms with Gasteiger partial charge in [-0.2, -0.15) is 0 Å². The molecule has 0 atom stereocenters. The molecule has 0 spiro atoms. The van der Waals surface area contributed by atoms with E-state index in [1.54, 1.807) is 0 Å². The molecule has 3 heterocycles. The highest BCUT2D eigenvalue weighted by Crippen LogP contribution is 2.50. The zero-order chi connectivity index (χ0) is 28.0. The summed E-state index contributed by atoms with van der Waals surface area (Å²) < 4.78 is 2.33. The first kappa shape index (κ1) is 23.3. The van der Waals surface area contributed by atoms with Crippen molar-refractivity contribution in [2.24, 2.45) is 0 Å². The summed E-state index contributed by atoms with van der Waals surface area (Å²) >= 11 is 0. The second kappa shape index (κ2) is 8.30. The molecule has 0 amide bonds. The van der Waals surface area contributed by atoms with Gasteiger partial charge in [-0.1, -0.05) is 92.7 Å². The van der Waals surface area contributed by atoms with Gasteiger partial charge in [0.15, 0.2) is 5.82 Å². The molecule has 3 aliphatic rings. The minimum Gasteiger partial charge on any atom is -0.357 e. The smallest absolute Gasteiger partial charge is 0.156 e. The van der Waals surface area contributed by atoms with Crippen LogP contribution in [0.15, 0.2) is 116 Å². The molecule has 2 aliphatic heterocycles. The quantitative estimate of drug-likeness (QED) is 0.168. The van der Waals surface area contributed by atoms with Crippen molar-refractivity contribution >= 4 is 32.6 Å². The standard InChI is InChI=1S/C37H29N5/c1-37(2)29-13-7-5-11-25(29)26-16-15-24(20-30(26)37)33-34-35(39-18-17-38-34)36(41-40-33)42-31-14-8-6-12-27(31)28-19-22-9-3-4-10-23(22)21-32(28)42/h3-21,38-41H,1-2H3. The maximum Gasteiger partial charge on any atom is 0.156 e. The average Bonchev–Trinajstić information content (AvgIpc) is 3.47. The van der Waals surface area contributed by atoms with Gasteiger partial charge in [-0.25, -0.2) is 0 Å². The van der Waals surface area contributed by atoms with E-state index in [0.29, 0.717) is 0 Å². The van der Waals surface area contributed by atoms with Crippen LogP contribution >= 0.6 is 0 Å². The van der Waals surface area contributed by atoms with E-state index in [1.165, 1.54) is 43.8 Å². The topological polar surface area (TPSA) is 68.1 Å². The molecule has 1 aromatic heterocycles. The second-order valence-corrected chi connectivity index (χ2v) is 11.8. The number of rotatable bonds is 2. The van der Waals surface area contributed by atoms with Crippen LogP contribution in [0.1, 0.15) is 25.0 Å². The Kier molecular flexibility index (Phi) is 4.61. The number of nitrogens with zero attached hydrogens (tertiary/aromatic N) is 1. The van der Waals surface area contributed by atoms with Gasteiger partial charge in [0.05, 0.1) is 22.4 Å². The molecule has 5 nitrogen and oxygen atoms in total. The lowest BCUT2D eigenvalue weighted by Gasteiger charge is -2.23. The number of nitrogens with one attached hydrogen (secondary N) is 4. The molecular weight excluding hydrogens is 514 g/mol. The third-order valence-electron chi connectivity index (χ3n) is 9.22. The van der Waals surface area contributed by atoms with E-state index < -0.39 is 0 Å². The summed E-state index contributed by atoms with van der Waals surface area (Å²) in [6, 6.07) is 37.4. The summed E-state index contributed by atoms with van der Waals surface area (Å²) in [4.78, 5) is 7.12. The van der Waals surface area contributed by atoms with Crippen molar-refractivity contribution in [2.75, 3.05) is 0 Å². The summed E-state index contributed by atoms with van der Waals surface area (Å²) in [6.45, 7) is 4.65. The van der Waals surface area contributed by atoms with Crippen molar-refractivity contribution in [3.8, 4) is 39.6 Å². The van der Waals surface area contributed by atoms with Crippen molar-refractivity contribution in [1.29, 1.82) is 0 Å². The number of hydrogen-bond acceptors (Lipinski definition) is 0.